The van der Waals surface area contributed by atoms with Gasteiger partial charge in [0.15, 0.2) is 0 Å². The van der Waals surface area contributed by atoms with Crippen molar-refractivity contribution in [1.82, 2.24) is 20.0 Å². The Kier molecular flexibility index (Phi) is 7.55. The number of esters is 1. The Hall–Kier alpha value is -2.67. The van der Waals surface area contributed by atoms with Crippen LogP contribution in [0.25, 0.3) is 5.69 Å². The van der Waals surface area contributed by atoms with Gasteiger partial charge < -0.3 is 10.1 Å². The molecule has 2 rings (SSSR count). The molecule has 1 unspecified atom stereocenters. The van der Waals surface area contributed by atoms with Crippen LogP contribution in [0.2, 0.25) is 0 Å². The molecule has 0 aliphatic carbocycles. The highest BCUT2D eigenvalue weighted by molar-refractivity contribution is 5.85. The van der Waals surface area contributed by atoms with E-state index in [4.69, 9.17) is 4.74 Å². The summed E-state index contributed by atoms with van der Waals surface area (Å²) in [7, 11) is 3.19. The number of aromatic nitrogens is 2. The van der Waals surface area contributed by atoms with Crippen LogP contribution in [0.15, 0.2) is 42.7 Å². The third-order valence-corrected chi connectivity index (χ3v) is 4.05. The number of hydrogen-bond acceptors (Lipinski definition) is 5. The smallest absolute Gasteiger partial charge is 0.328 e. The van der Waals surface area contributed by atoms with E-state index in [1.165, 1.54) is 7.11 Å². The number of carbonyl (C=O) groups is 2. The van der Waals surface area contributed by atoms with Gasteiger partial charge in [-0.25, -0.2) is 9.48 Å². The lowest BCUT2D eigenvalue weighted by molar-refractivity contribution is -0.145. The van der Waals surface area contributed by atoms with Crippen molar-refractivity contribution >= 4 is 11.9 Å². The summed E-state index contributed by atoms with van der Waals surface area (Å²) in [6.45, 7) is 4.76. The molecule has 146 valence electrons. The minimum absolute atomic E-state index is 0.183. The van der Waals surface area contributed by atoms with Crippen LogP contribution in [-0.2, 0) is 20.9 Å². The van der Waals surface area contributed by atoms with E-state index in [0.717, 1.165) is 11.3 Å². The average molecular weight is 372 g/mol. The number of benzene rings is 1. The second-order valence-corrected chi connectivity index (χ2v) is 7.07. The molecule has 0 aliphatic rings. The highest BCUT2D eigenvalue weighted by Gasteiger charge is 2.23. The molecule has 1 amide bonds. The topological polar surface area (TPSA) is 76.5 Å². The van der Waals surface area contributed by atoms with Crippen LogP contribution in [0.4, 0.5) is 0 Å². The van der Waals surface area contributed by atoms with Gasteiger partial charge in [-0.15, -0.1) is 0 Å². The fraction of sp³-hybridized carbons (Fsp3) is 0.450. The van der Waals surface area contributed by atoms with Gasteiger partial charge >= 0.3 is 5.97 Å². The number of rotatable bonds is 9. The number of hydrogen-bond donors (Lipinski definition) is 1. The highest BCUT2D eigenvalue weighted by atomic mass is 16.5. The first-order valence-corrected chi connectivity index (χ1v) is 9.03. The van der Waals surface area contributed by atoms with Crippen LogP contribution in [0.3, 0.4) is 0 Å². The van der Waals surface area contributed by atoms with Crippen molar-refractivity contribution < 1.29 is 14.3 Å². The summed E-state index contributed by atoms with van der Waals surface area (Å²) in [6.07, 6.45) is 4.28. The molecule has 0 aliphatic heterocycles. The molecule has 1 heterocycles. The lowest BCUT2D eigenvalue weighted by atomic mass is 10.0. The summed E-state index contributed by atoms with van der Waals surface area (Å²) < 4.78 is 6.59. The first-order valence-electron chi connectivity index (χ1n) is 9.03. The zero-order valence-corrected chi connectivity index (χ0v) is 16.4. The van der Waals surface area contributed by atoms with Crippen LogP contribution in [0, 0.1) is 5.92 Å². The second-order valence-electron chi connectivity index (χ2n) is 7.07. The summed E-state index contributed by atoms with van der Waals surface area (Å²) in [5, 5.41) is 7.13. The summed E-state index contributed by atoms with van der Waals surface area (Å²) in [6, 6.07) is 9.23. The van der Waals surface area contributed by atoms with Gasteiger partial charge in [-0.3, -0.25) is 9.69 Å². The SMILES string of the molecule is COC(=O)C(CC(C)C)NC(=O)CN(C)Cc1cnn(-c2ccccc2)c1. The third-order valence-electron chi connectivity index (χ3n) is 4.05. The summed E-state index contributed by atoms with van der Waals surface area (Å²) in [4.78, 5) is 26.0. The summed E-state index contributed by atoms with van der Waals surface area (Å²) in [5.74, 6) is -0.344. The van der Waals surface area contributed by atoms with Crippen molar-refractivity contribution in [1.29, 1.82) is 0 Å². The maximum Gasteiger partial charge on any atom is 0.328 e. The van der Waals surface area contributed by atoms with Crippen LogP contribution in [-0.4, -0.2) is 53.3 Å². The predicted molar refractivity (Wildman–Crippen MR) is 103 cm³/mol. The molecular weight excluding hydrogens is 344 g/mol. The lowest BCUT2D eigenvalue weighted by Crippen LogP contribution is -2.45. The molecule has 0 saturated heterocycles. The van der Waals surface area contributed by atoms with E-state index >= 15 is 0 Å². The quantitative estimate of drug-likeness (QED) is 0.682. The number of carbonyl (C=O) groups excluding carboxylic acids is 2. The van der Waals surface area contributed by atoms with E-state index in [2.05, 4.69) is 10.4 Å². The van der Waals surface area contributed by atoms with Crippen molar-refractivity contribution in [3.63, 3.8) is 0 Å². The van der Waals surface area contributed by atoms with Gasteiger partial charge in [0.25, 0.3) is 0 Å². The Balaban J connectivity index is 1.89. The first-order chi connectivity index (χ1) is 12.9. The molecule has 2 aromatic rings. The number of nitrogens with zero attached hydrogens (tertiary/aromatic N) is 3. The molecule has 1 N–H and O–H groups in total. The van der Waals surface area contributed by atoms with Crippen molar-refractivity contribution in [2.75, 3.05) is 20.7 Å². The van der Waals surface area contributed by atoms with E-state index in [1.54, 1.807) is 10.9 Å². The summed E-state index contributed by atoms with van der Waals surface area (Å²) >= 11 is 0. The largest absolute Gasteiger partial charge is 0.467 e. The highest BCUT2D eigenvalue weighted by Crippen LogP contribution is 2.09. The molecule has 0 radical (unpaired) electrons. The third kappa shape index (κ3) is 6.53. The average Bonchev–Trinajstić information content (AvgIpc) is 3.09. The van der Waals surface area contributed by atoms with Gasteiger partial charge in [-0.05, 0) is 31.5 Å². The number of ether oxygens (including phenoxy) is 1. The van der Waals surface area contributed by atoms with Crippen molar-refractivity contribution in [2.45, 2.75) is 32.9 Å². The monoisotopic (exact) mass is 372 g/mol. The van der Waals surface area contributed by atoms with Gasteiger partial charge in [-0.2, -0.15) is 5.10 Å². The van der Waals surface area contributed by atoms with Crippen molar-refractivity contribution in [3.8, 4) is 5.69 Å². The normalized spacial score (nSPS) is 12.2. The Bertz CT molecular complexity index is 743. The molecule has 0 fully saturated rings. The Labute approximate surface area is 160 Å². The molecule has 7 nitrogen and oxygen atoms in total. The molecule has 1 aromatic carbocycles. The number of amides is 1. The second kappa shape index (κ2) is 9.87. The van der Waals surface area contributed by atoms with Gasteiger partial charge in [0.1, 0.15) is 6.04 Å². The van der Waals surface area contributed by atoms with Gasteiger partial charge in [0.2, 0.25) is 5.91 Å². The van der Waals surface area contributed by atoms with Crippen LogP contribution in [0.5, 0.6) is 0 Å². The fourth-order valence-corrected chi connectivity index (χ4v) is 2.84. The van der Waals surface area contributed by atoms with Crippen molar-refractivity contribution in [2.24, 2.45) is 5.92 Å². The van der Waals surface area contributed by atoms with E-state index in [0.29, 0.717) is 13.0 Å². The lowest BCUT2D eigenvalue weighted by Gasteiger charge is -2.20. The van der Waals surface area contributed by atoms with Gasteiger partial charge in [0, 0.05) is 18.3 Å². The molecule has 0 saturated carbocycles. The summed E-state index contributed by atoms with van der Waals surface area (Å²) in [5.41, 5.74) is 1.99. The Morgan fingerprint density at radius 3 is 2.59 bits per heavy atom. The molecule has 27 heavy (non-hydrogen) atoms. The standard InChI is InChI=1S/C20H28N4O3/c1-15(2)10-18(20(26)27-4)22-19(25)14-23(3)12-16-11-21-24(13-16)17-8-6-5-7-9-17/h5-9,11,13,15,18H,10,12,14H2,1-4H3,(H,22,25). The van der Waals surface area contributed by atoms with Gasteiger partial charge in [-0.1, -0.05) is 32.0 Å². The van der Waals surface area contributed by atoms with E-state index in [9.17, 15) is 9.59 Å². The minimum Gasteiger partial charge on any atom is -0.467 e. The first kappa shape index (κ1) is 20.6. The van der Waals surface area contributed by atoms with E-state index in [1.807, 2.05) is 62.3 Å². The zero-order chi connectivity index (χ0) is 19.8. The molecule has 1 atom stereocenters. The molecule has 7 heteroatoms. The minimum atomic E-state index is -0.614. The zero-order valence-electron chi connectivity index (χ0n) is 16.4. The molecule has 0 spiro atoms. The van der Waals surface area contributed by atoms with Crippen LogP contribution in [0.1, 0.15) is 25.8 Å². The molecular formula is C20H28N4O3. The van der Waals surface area contributed by atoms with Crippen molar-refractivity contribution in [3.05, 3.63) is 48.3 Å². The van der Waals surface area contributed by atoms with Crippen LogP contribution >= 0.6 is 0 Å². The van der Waals surface area contributed by atoms with Crippen LogP contribution < -0.4 is 5.32 Å². The Morgan fingerprint density at radius 2 is 1.96 bits per heavy atom. The van der Waals surface area contributed by atoms with E-state index in [-0.39, 0.29) is 18.4 Å². The van der Waals surface area contributed by atoms with E-state index < -0.39 is 12.0 Å². The number of para-hydroxylation sites is 1. The molecule has 0 bridgehead atoms. The Morgan fingerprint density at radius 1 is 1.26 bits per heavy atom. The fourth-order valence-electron chi connectivity index (χ4n) is 2.84. The predicted octanol–water partition coefficient (Wildman–Crippen LogP) is 2.01. The van der Waals surface area contributed by atoms with Gasteiger partial charge in [0.05, 0.1) is 25.5 Å². The number of methoxy groups -OCH3 is 1. The maximum atomic E-state index is 12.3. The molecule has 1 aromatic heterocycles. The number of nitrogens with one attached hydrogen (secondary N) is 1. The maximum absolute atomic E-state index is 12.3. The number of likely N-dealkylation sites (N-methyl/N-ethyl adjacent to an activating group) is 1.